The number of carbonyl (C=O) groups excluding carboxylic acids is 2. The number of rotatable bonds is 4. The summed E-state index contributed by atoms with van der Waals surface area (Å²) in [7, 11) is 1.26. The number of hydrogen-bond acceptors (Lipinski definition) is 6. The molecule has 1 aromatic carbocycles. The zero-order valence-electron chi connectivity index (χ0n) is 17.0. The van der Waals surface area contributed by atoms with E-state index in [4.69, 9.17) is 13.9 Å². The highest BCUT2D eigenvalue weighted by Gasteiger charge is 2.26. The Morgan fingerprint density at radius 2 is 1.97 bits per heavy atom. The van der Waals surface area contributed by atoms with Crippen LogP contribution in [0.5, 0.6) is 0 Å². The van der Waals surface area contributed by atoms with Gasteiger partial charge in [0.05, 0.1) is 7.11 Å². The van der Waals surface area contributed by atoms with Gasteiger partial charge in [0.25, 0.3) is 0 Å². The second-order valence-corrected chi connectivity index (χ2v) is 7.85. The lowest BCUT2D eigenvalue weighted by Gasteiger charge is -2.22. The van der Waals surface area contributed by atoms with E-state index in [9.17, 15) is 14.4 Å². The molecule has 0 aliphatic rings. The molecule has 0 radical (unpaired) electrons. The Kier molecular flexibility index (Phi) is 5.37. The first-order valence-corrected chi connectivity index (χ1v) is 9.20. The van der Waals surface area contributed by atoms with Crippen LogP contribution in [0.25, 0.3) is 21.9 Å². The number of esters is 1. The van der Waals surface area contributed by atoms with E-state index in [2.05, 4.69) is 10.3 Å². The Hall–Kier alpha value is -3.29. The number of ether oxygens (including phenoxy) is 2. The van der Waals surface area contributed by atoms with Crippen LogP contribution >= 0.6 is 0 Å². The number of carbonyl (C=O) groups is 2. The van der Waals surface area contributed by atoms with Crippen LogP contribution in [0.1, 0.15) is 31.9 Å². The van der Waals surface area contributed by atoms with E-state index in [0.29, 0.717) is 5.58 Å². The van der Waals surface area contributed by atoms with Crippen LogP contribution in [0, 0.1) is 6.92 Å². The third kappa shape index (κ3) is 4.42. The smallest absolute Gasteiger partial charge is 0.408 e. The highest BCUT2D eigenvalue weighted by molar-refractivity contribution is 6.08. The van der Waals surface area contributed by atoms with Gasteiger partial charge in [-0.15, -0.1) is 0 Å². The number of fused-ring (bicyclic) bond motifs is 3. The summed E-state index contributed by atoms with van der Waals surface area (Å²) >= 11 is 0. The molecule has 2 heterocycles. The summed E-state index contributed by atoms with van der Waals surface area (Å²) in [6, 6.07) is 4.01. The number of aromatic nitrogens is 1. The van der Waals surface area contributed by atoms with E-state index in [0.717, 1.165) is 27.4 Å². The Bertz CT molecular complexity index is 1140. The van der Waals surface area contributed by atoms with Gasteiger partial charge in [-0.25, -0.2) is 14.4 Å². The molecule has 0 aliphatic heterocycles. The summed E-state index contributed by atoms with van der Waals surface area (Å²) in [6.45, 7) is 7.04. The van der Waals surface area contributed by atoms with Crippen molar-refractivity contribution in [2.75, 3.05) is 7.11 Å². The predicted molar refractivity (Wildman–Crippen MR) is 108 cm³/mol. The maximum absolute atomic E-state index is 12.3. The molecule has 2 aromatic heterocycles. The average molecular weight is 400 g/mol. The van der Waals surface area contributed by atoms with Gasteiger partial charge < -0.3 is 24.2 Å². The molecule has 0 fully saturated rings. The molecule has 8 heteroatoms. The van der Waals surface area contributed by atoms with Crippen LogP contribution in [0.3, 0.4) is 0 Å². The minimum absolute atomic E-state index is 0.170. The molecule has 0 bridgehead atoms. The number of aromatic amines is 1. The Balaban J connectivity index is 2.02. The lowest BCUT2D eigenvalue weighted by Crippen LogP contribution is -2.45. The van der Waals surface area contributed by atoms with Crippen molar-refractivity contribution in [2.24, 2.45) is 0 Å². The number of amides is 1. The van der Waals surface area contributed by atoms with Crippen LogP contribution in [-0.2, 0) is 20.7 Å². The van der Waals surface area contributed by atoms with Gasteiger partial charge in [-0.05, 0) is 51.0 Å². The fraction of sp³-hybridized carbons (Fsp3) is 0.381. The number of H-pyrrole nitrogens is 1. The minimum Gasteiger partial charge on any atom is -0.467 e. The zero-order valence-corrected chi connectivity index (χ0v) is 17.0. The number of benzene rings is 1. The predicted octanol–water partition coefficient (Wildman–Crippen LogP) is 3.19. The lowest BCUT2D eigenvalue weighted by molar-refractivity contribution is -0.143. The van der Waals surface area contributed by atoms with E-state index in [-0.39, 0.29) is 6.42 Å². The number of alkyl carbamates (subject to hydrolysis) is 1. The van der Waals surface area contributed by atoms with Gasteiger partial charge in [0.15, 0.2) is 0 Å². The summed E-state index contributed by atoms with van der Waals surface area (Å²) in [5, 5.41) is 4.18. The first-order valence-electron chi connectivity index (χ1n) is 9.20. The molecular weight excluding hydrogens is 376 g/mol. The fourth-order valence-electron chi connectivity index (χ4n) is 3.30. The van der Waals surface area contributed by atoms with Crippen LogP contribution in [0.15, 0.2) is 33.6 Å². The van der Waals surface area contributed by atoms with E-state index in [1.165, 1.54) is 13.2 Å². The van der Waals surface area contributed by atoms with E-state index in [1.54, 1.807) is 39.1 Å². The van der Waals surface area contributed by atoms with Crippen molar-refractivity contribution in [3.8, 4) is 0 Å². The van der Waals surface area contributed by atoms with Crippen LogP contribution < -0.4 is 10.9 Å². The van der Waals surface area contributed by atoms with Gasteiger partial charge in [-0.3, -0.25) is 0 Å². The monoisotopic (exact) mass is 400 g/mol. The summed E-state index contributed by atoms with van der Waals surface area (Å²) in [6.07, 6.45) is 1.23. The Morgan fingerprint density at radius 1 is 1.24 bits per heavy atom. The normalized spacial score (nSPS) is 12.7. The summed E-state index contributed by atoms with van der Waals surface area (Å²) in [5.74, 6) is -0.589. The lowest BCUT2D eigenvalue weighted by atomic mass is 10.00. The quantitative estimate of drug-likeness (QED) is 0.514. The molecule has 0 saturated carbocycles. The maximum Gasteiger partial charge on any atom is 0.408 e. The molecule has 1 amide bonds. The second-order valence-electron chi connectivity index (χ2n) is 7.85. The first-order chi connectivity index (χ1) is 13.6. The van der Waals surface area contributed by atoms with Crippen molar-refractivity contribution in [3.05, 3.63) is 45.9 Å². The second kappa shape index (κ2) is 7.62. The highest BCUT2D eigenvalue weighted by atomic mass is 16.6. The van der Waals surface area contributed by atoms with Crippen LogP contribution in [0.2, 0.25) is 0 Å². The summed E-state index contributed by atoms with van der Waals surface area (Å²) in [5.41, 5.74) is 1.69. The third-order valence-corrected chi connectivity index (χ3v) is 4.43. The van der Waals surface area contributed by atoms with Crippen molar-refractivity contribution in [2.45, 2.75) is 45.8 Å². The highest BCUT2D eigenvalue weighted by Crippen LogP contribution is 2.30. The molecule has 3 aromatic rings. The molecule has 3 rings (SSSR count). The fourth-order valence-corrected chi connectivity index (χ4v) is 3.30. The molecule has 154 valence electrons. The molecule has 2 N–H and O–H groups in total. The molecule has 0 aliphatic carbocycles. The van der Waals surface area contributed by atoms with Crippen LogP contribution in [0.4, 0.5) is 4.79 Å². The largest absolute Gasteiger partial charge is 0.467 e. The zero-order chi connectivity index (χ0) is 21.3. The maximum atomic E-state index is 12.3. The Morgan fingerprint density at radius 3 is 2.62 bits per heavy atom. The number of nitrogens with one attached hydrogen (secondary N) is 2. The number of methoxy groups -OCH3 is 1. The SMILES string of the molecule is COC(=O)C(Cc1c[nH]c2ccc3oc(=O)cc(C)c3c12)NC(=O)OC(C)(C)C. The minimum atomic E-state index is -0.944. The van der Waals surface area contributed by atoms with Gasteiger partial charge in [0.2, 0.25) is 0 Å². The number of aryl methyl sites for hydroxylation is 1. The summed E-state index contributed by atoms with van der Waals surface area (Å²) < 4.78 is 15.4. The molecular formula is C21H24N2O6. The molecule has 0 spiro atoms. The van der Waals surface area contributed by atoms with E-state index >= 15 is 0 Å². The topological polar surface area (TPSA) is 111 Å². The van der Waals surface area contributed by atoms with Gasteiger partial charge in [0.1, 0.15) is 17.2 Å². The van der Waals surface area contributed by atoms with Crippen LogP contribution in [-0.4, -0.2) is 35.8 Å². The van der Waals surface area contributed by atoms with Gasteiger partial charge in [0, 0.05) is 35.0 Å². The summed E-state index contributed by atoms with van der Waals surface area (Å²) in [4.78, 5) is 39.3. The molecule has 29 heavy (non-hydrogen) atoms. The van der Waals surface area contributed by atoms with Gasteiger partial charge in [-0.1, -0.05) is 0 Å². The average Bonchev–Trinajstić information content (AvgIpc) is 3.01. The van der Waals surface area contributed by atoms with Gasteiger partial charge >= 0.3 is 17.7 Å². The van der Waals surface area contributed by atoms with E-state index < -0.39 is 29.3 Å². The van der Waals surface area contributed by atoms with Crippen molar-refractivity contribution >= 4 is 33.9 Å². The van der Waals surface area contributed by atoms with E-state index in [1.807, 2.05) is 6.92 Å². The number of hydrogen-bond donors (Lipinski definition) is 2. The molecule has 0 saturated heterocycles. The first kappa shape index (κ1) is 20.4. The Labute approximate surface area is 167 Å². The molecule has 1 unspecified atom stereocenters. The third-order valence-electron chi connectivity index (χ3n) is 4.43. The van der Waals surface area contributed by atoms with Crippen molar-refractivity contribution < 1.29 is 23.5 Å². The van der Waals surface area contributed by atoms with Crippen molar-refractivity contribution in [1.29, 1.82) is 0 Å². The van der Waals surface area contributed by atoms with Gasteiger partial charge in [-0.2, -0.15) is 0 Å². The molecule has 1 atom stereocenters. The van der Waals surface area contributed by atoms with Crippen molar-refractivity contribution in [3.63, 3.8) is 0 Å². The molecule has 8 nitrogen and oxygen atoms in total. The van der Waals surface area contributed by atoms with Crippen molar-refractivity contribution in [1.82, 2.24) is 10.3 Å². The standard InChI is InChI=1S/C21H24N2O6/c1-11-8-16(24)28-15-7-6-13-18(17(11)15)12(10-22-13)9-14(19(25)27-5)23-20(26)29-21(2,3)4/h6-8,10,14,22H,9H2,1-5H3,(H,23,26).